The number of benzene rings is 4. The number of hydrogen-bond acceptors (Lipinski definition) is 3. The van der Waals surface area contributed by atoms with Crippen molar-refractivity contribution in [3.63, 3.8) is 0 Å². The van der Waals surface area contributed by atoms with Gasteiger partial charge in [-0.05, 0) is 65.5 Å². The number of para-hydroxylation sites is 1. The molecule has 0 atom stereocenters. The number of furan rings is 1. The molecule has 6 rings (SSSR count). The summed E-state index contributed by atoms with van der Waals surface area (Å²) in [6.07, 6.45) is 9.79. The molecule has 0 bridgehead atoms. The molecule has 6 aromatic rings. The zero-order chi connectivity index (χ0) is 29.8. The third-order valence-electron chi connectivity index (χ3n) is 7.51. The van der Waals surface area contributed by atoms with E-state index in [4.69, 9.17) is 14.4 Å². The van der Waals surface area contributed by atoms with Crippen molar-refractivity contribution in [3.05, 3.63) is 164 Å². The average molecular weight is 557 g/mol. The van der Waals surface area contributed by atoms with E-state index in [2.05, 4.69) is 86.0 Å². The highest BCUT2D eigenvalue weighted by Crippen LogP contribution is 2.35. The molecule has 0 aliphatic rings. The molecule has 0 unspecified atom stereocenters. The van der Waals surface area contributed by atoms with E-state index in [0.29, 0.717) is 11.4 Å². The van der Waals surface area contributed by atoms with Gasteiger partial charge >= 0.3 is 0 Å². The highest BCUT2D eigenvalue weighted by molar-refractivity contribution is 6.06. The van der Waals surface area contributed by atoms with Gasteiger partial charge in [0.05, 0.1) is 0 Å². The standard InChI is InChI=1S/C40H32N2O/c1-5-12-27(3)28(4)26-34(13-6-2)37-39-38(35-16-10-11-17-36(35)43-39)42-40(41-37)33-24-22-32(23-25-33)31-20-18-30(19-21-31)29-14-8-7-9-15-29/h5-26H,1,4H2,2-3H3/b13-6-,27-12+,34-26+. The van der Waals surface area contributed by atoms with E-state index in [1.54, 1.807) is 6.08 Å². The zero-order valence-corrected chi connectivity index (χ0v) is 24.4. The topological polar surface area (TPSA) is 38.9 Å². The lowest BCUT2D eigenvalue weighted by atomic mass is 9.99. The molecule has 0 amide bonds. The first kappa shape index (κ1) is 27.6. The number of nitrogens with zero attached hydrogens (tertiary/aromatic N) is 2. The van der Waals surface area contributed by atoms with Gasteiger partial charge in [0.15, 0.2) is 11.4 Å². The Morgan fingerprint density at radius 1 is 0.721 bits per heavy atom. The summed E-state index contributed by atoms with van der Waals surface area (Å²) in [5.74, 6) is 0.638. The van der Waals surface area contributed by atoms with Crippen LogP contribution in [0.4, 0.5) is 0 Å². The first-order valence-corrected chi connectivity index (χ1v) is 14.3. The van der Waals surface area contributed by atoms with Gasteiger partial charge in [-0.3, -0.25) is 0 Å². The van der Waals surface area contributed by atoms with Crippen LogP contribution in [-0.4, -0.2) is 9.97 Å². The van der Waals surface area contributed by atoms with E-state index < -0.39 is 0 Å². The molecule has 0 N–H and O–H groups in total. The van der Waals surface area contributed by atoms with Crippen LogP contribution in [0.15, 0.2) is 162 Å². The lowest BCUT2D eigenvalue weighted by Gasteiger charge is -2.09. The molecular weight excluding hydrogens is 524 g/mol. The molecule has 2 heterocycles. The van der Waals surface area contributed by atoms with E-state index in [0.717, 1.165) is 55.6 Å². The van der Waals surface area contributed by atoms with Crippen molar-refractivity contribution in [1.29, 1.82) is 0 Å². The molecule has 0 saturated heterocycles. The van der Waals surface area contributed by atoms with Crippen LogP contribution < -0.4 is 0 Å². The predicted octanol–water partition coefficient (Wildman–Crippen LogP) is 11.0. The van der Waals surface area contributed by atoms with E-state index >= 15 is 0 Å². The predicted molar refractivity (Wildman–Crippen MR) is 182 cm³/mol. The molecule has 0 aliphatic heterocycles. The molecule has 43 heavy (non-hydrogen) atoms. The maximum atomic E-state index is 6.35. The van der Waals surface area contributed by atoms with Gasteiger partial charge in [0.2, 0.25) is 0 Å². The minimum absolute atomic E-state index is 0.638. The second kappa shape index (κ2) is 12.1. The third kappa shape index (κ3) is 5.66. The summed E-state index contributed by atoms with van der Waals surface area (Å²) in [4.78, 5) is 10.1. The Bertz CT molecular complexity index is 2040. The van der Waals surface area contributed by atoms with Crippen molar-refractivity contribution in [2.24, 2.45) is 0 Å². The van der Waals surface area contributed by atoms with Gasteiger partial charge < -0.3 is 4.42 Å². The van der Waals surface area contributed by atoms with Gasteiger partial charge in [-0.2, -0.15) is 0 Å². The molecule has 2 aromatic heterocycles. The second-order valence-corrected chi connectivity index (χ2v) is 10.4. The summed E-state index contributed by atoms with van der Waals surface area (Å²) >= 11 is 0. The van der Waals surface area contributed by atoms with Crippen LogP contribution in [0.2, 0.25) is 0 Å². The van der Waals surface area contributed by atoms with Crippen molar-refractivity contribution < 1.29 is 4.42 Å². The fraction of sp³-hybridized carbons (Fsp3) is 0.0500. The smallest absolute Gasteiger partial charge is 0.180 e. The molecule has 208 valence electrons. The Balaban J connectivity index is 1.43. The number of fused-ring (bicyclic) bond motifs is 3. The lowest BCUT2D eigenvalue weighted by Crippen LogP contribution is -1.97. The van der Waals surface area contributed by atoms with Crippen LogP contribution in [0.3, 0.4) is 0 Å². The first-order valence-electron chi connectivity index (χ1n) is 14.3. The summed E-state index contributed by atoms with van der Waals surface area (Å²) in [6.45, 7) is 12.1. The third-order valence-corrected chi connectivity index (χ3v) is 7.51. The Hall–Kier alpha value is -5.54. The van der Waals surface area contributed by atoms with Crippen LogP contribution >= 0.6 is 0 Å². The Kier molecular flexibility index (Phi) is 7.80. The monoisotopic (exact) mass is 556 g/mol. The molecule has 3 nitrogen and oxygen atoms in total. The van der Waals surface area contributed by atoms with Gasteiger partial charge in [-0.1, -0.05) is 128 Å². The Labute approximate surface area is 252 Å². The first-order chi connectivity index (χ1) is 21.1. The lowest BCUT2D eigenvalue weighted by molar-refractivity contribution is 0.664. The second-order valence-electron chi connectivity index (χ2n) is 10.4. The van der Waals surface area contributed by atoms with Gasteiger partial charge in [-0.15, -0.1) is 0 Å². The molecule has 0 radical (unpaired) electrons. The van der Waals surface area contributed by atoms with Crippen molar-refractivity contribution in [2.75, 3.05) is 0 Å². The van der Waals surface area contributed by atoms with E-state index in [-0.39, 0.29) is 0 Å². The zero-order valence-electron chi connectivity index (χ0n) is 24.4. The number of hydrogen-bond donors (Lipinski definition) is 0. The van der Waals surface area contributed by atoms with E-state index in [9.17, 15) is 0 Å². The quantitative estimate of drug-likeness (QED) is 0.175. The van der Waals surface area contributed by atoms with Gasteiger partial charge in [0, 0.05) is 16.5 Å². The van der Waals surface area contributed by atoms with E-state index in [1.165, 1.54) is 11.1 Å². The van der Waals surface area contributed by atoms with Crippen molar-refractivity contribution in [1.82, 2.24) is 9.97 Å². The van der Waals surface area contributed by atoms with Crippen molar-refractivity contribution >= 4 is 27.6 Å². The SMILES string of the molecule is C=C/C=C(\C)C(=C)/C=C(\C=C/C)c1nc(-c2ccc(-c3ccc(-c4ccccc4)cc3)cc2)nc2c1oc1ccccc12. The number of rotatable bonds is 8. The minimum atomic E-state index is 0.638. The summed E-state index contributed by atoms with van der Waals surface area (Å²) in [5, 5.41) is 0.957. The Morgan fingerprint density at radius 3 is 1.93 bits per heavy atom. The van der Waals surface area contributed by atoms with Crippen LogP contribution in [0.5, 0.6) is 0 Å². The fourth-order valence-corrected chi connectivity index (χ4v) is 5.17. The summed E-state index contributed by atoms with van der Waals surface area (Å²) in [6, 6.07) is 35.5. The van der Waals surface area contributed by atoms with Gasteiger partial charge in [0.1, 0.15) is 16.8 Å². The average Bonchev–Trinajstić information content (AvgIpc) is 3.43. The summed E-state index contributed by atoms with van der Waals surface area (Å²) in [7, 11) is 0. The van der Waals surface area contributed by atoms with Crippen molar-refractivity contribution in [3.8, 4) is 33.6 Å². The van der Waals surface area contributed by atoms with Crippen LogP contribution in [0.25, 0.3) is 61.3 Å². The van der Waals surface area contributed by atoms with Crippen molar-refractivity contribution in [2.45, 2.75) is 13.8 Å². The molecular formula is C40H32N2O. The van der Waals surface area contributed by atoms with Gasteiger partial charge in [0.25, 0.3) is 0 Å². The van der Waals surface area contributed by atoms with E-state index in [1.807, 2.05) is 68.5 Å². The van der Waals surface area contributed by atoms with Gasteiger partial charge in [-0.25, -0.2) is 9.97 Å². The maximum Gasteiger partial charge on any atom is 0.180 e. The number of allylic oxidation sites excluding steroid dienone is 8. The molecule has 0 spiro atoms. The normalized spacial score (nSPS) is 12.3. The molecule has 3 heteroatoms. The molecule has 4 aromatic carbocycles. The molecule has 0 saturated carbocycles. The van der Waals surface area contributed by atoms with Crippen LogP contribution in [0, 0.1) is 0 Å². The summed E-state index contributed by atoms with van der Waals surface area (Å²) < 4.78 is 6.35. The van der Waals surface area contributed by atoms with Crippen LogP contribution in [-0.2, 0) is 0 Å². The Morgan fingerprint density at radius 2 is 1.30 bits per heavy atom. The minimum Gasteiger partial charge on any atom is -0.452 e. The molecule has 0 fully saturated rings. The number of aromatic nitrogens is 2. The van der Waals surface area contributed by atoms with Crippen LogP contribution in [0.1, 0.15) is 19.5 Å². The fourth-order valence-electron chi connectivity index (χ4n) is 5.17. The summed E-state index contributed by atoms with van der Waals surface area (Å²) in [5.41, 5.74) is 11.4. The highest BCUT2D eigenvalue weighted by atomic mass is 16.3. The maximum absolute atomic E-state index is 6.35. The largest absolute Gasteiger partial charge is 0.452 e. The highest BCUT2D eigenvalue weighted by Gasteiger charge is 2.19. The molecule has 0 aliphatic carbocycles.